The molecule has 10 radical (unpaired) electrons. The van der Waals surface area contributed by atoms with E-state index in [1.807, 2.05) is 64.2 Å². The molecule has 0 aromatic carbocycles. The van der Waals surface area contributed by atoms with Crippen LogP contribution in [0.1, 0.15) is 52.4 Å². The van der Waals surface area contributed by atoms with Crippen molar-refractivity contribution in [3.63, 3.8) is 0 Å². The zero-order valence-corrected chi connectivity index (χ0v) is 16.1. The Bertz CT molecular complexity index is 259. The molecule has 0 N–H and O–H groups in total. The fraction of sp³-hybridized carbons (Fsp3) is 0.364. The first-order valence-corrected chi connectivity index (χ1v) is 8.41. The van der Waals surface area contributed by atoms with E-state index >= 15 is 0 Å². The molecule has 0 aliphatic heterocycles. The molecule has 3 aliphatic rings. The molecule has 1 heteroatoms. The maximum absolute atomic E-state index is 3.44. The Morgan fingerprint density at radius 2 is 0.870 bits per heavy atom. The summed E-state index contributed by atoms with van der Waals surface area (Å²) in [5.41, 5.74) is 2.90. The molecule has 0 aromatic heterocycles. The quantitative estimate of drug-likeness (QED) is 0.435. The van der Waals surface area contributed by atoms with Crippen molar-refractivity contribution in [2.75, 3.05) is 0 Å². The van der Waals surface area contributed by atoms with E-state index in [9.17, 15) is 0 Å². The van der Waals surface area contributed by atoms with Gasteiger partial charge in [-0.3, -0.25) is 0 Å². The van der Waals surface area contributed by atoms with Gasteiger partial charge >= 0.3 is 21.7 Å². The Hall–Kier alpha value is 0.194. The van der Waals surface area contributed by atoms with E-state index in [-0.39, 0.29) is 21.7 Å². The van der Waals surface area contributed by atoms with Crippen LogP contribution in [-0.2, 0) is 21.7 Å². The van der Waals surface area contributed by atoms with Crippen molar-refractivity contribution in [2.45, 2.75) is 52.4 Å². The fourth-order valence-corrected chi connectivity index (χ4v) is 2.36. The third kappa shape index (κ3) is 12.2. The molecular formula is C22H28Ti+2. The van der Waals surface area contributed by atoms with Crippen molar-refractivity contribution in [3.05, 3.63) is 87.5 Å². The van der Waals surface area contributed by atoms with Crippen LogP contribution in [0, 0.1) is 76.4 Å². The average Bonchev–Trinajstić information content (AvgIpc) is 3.29. The first-order chi connectivity index (χ1) is 10.9. The summed E-state index contributed by atoms with van der Waals surface area (Å²) >= 11 is 0. The summed E-state index contributed by atoms with van der Waals surface area (Å²) < 4.78 is 0. The SMILES string of the molecule is CC[C-]=C1CCCCC1=[C-]CC.[CH]1[CH][CH][CH][CH]1.[CH]1[CH][CH][CH][CH]1.[Ti+4]. The second-order valence-electron chi connectivity index (χ2n) is 5.15. The maximum Gasteiger partial charge on any atom is 4.00 e. The van der Waals surface area contributed by atoms with Crippen LogP contribution in [0.15, 0.2) is 11.1 Å². The summed E-state index contributed by atoms with van der Waals surface area (Å²) in [6, 6.07) is 0. The predicted molar refractivity (Wildman–Crippen MR) is 95.6 cm³/mol. The predicted octanol–water partition coefficient (Wildman–Crippen LogP) is 5.88. The van der Waals surface area contributed by atoms with Crippen molar-refractivity contribution in [1.82, 2.24) is 0 Å². The van der Waals surface area contributed by atoms with Crippen LogP contribution in [0.4, 0.5) is 0 Å². The van der Waals surface area contributed by atoms with Crippen LogP contribution in [0.2, 0.25) is 0 Å². The molecule has 3 fully saturated rings. The van der Waals surface area contributed by atoms with Crippen LogP contribution in [-0.4, -0.2) is 0 Å². The molecule has 0 aromatic rings. The van der Waals surface area contributed by atoms with Gasteiger partial charge in [-0.05, 0) is 64.2 Å². The first kappa shape index (κ1) is 23.2. The minimum Gasteiger partial charge on any atom is -0.373 e. The van der Waals surface area contributed by atoms with E-state index in [0.717, 1.165) is 12.8 Å². The Morgan fingerprint density at radius 1 is 0.609 bits per heavy atom. The smallest absolute Gasteiger partial charge is 0.373 e. The molecule has 0 bridgehead atoms. The first-order valence-electron chi connectivity index (χ1n) is 8.41. The largest absolute Gasteiger partial charge is 4.00 e. The van der Waals surface area contributed by atoms with Crippen LogP contribution < -0.4 is 0 Å². The molecule has 0 saturated heterocycles. The van der Waals surface area contributed by atoms with Crippen LogP contribution >= 0.6 is 0 Å². The van der Waals surface area contributed by atoms with Gasteiger partial charge in [0.05, 0.1) is 0 Å². The third-order valence-corrected chi connectivity index (χ3v) is 3.36. The molecule has 0 nitrogen and oxygen atoms in total. The van der Waals surface area contributed by atoms with Gasteiger partial charge in [-0.25, -0.2) is 0 Å². The number of hydrogen-bond donors (Lipinski definition) is 0. The molecule has 0 unspecified atom stereocenters. The van der Waals surface area contributed by atoms with Gasteiger partial charge in [-0.1, -0.05) is 26.7 Å². The van der Waals surface area contributed by atoms with Crippen molar-refractivity contribution >= 4 is 0 Å². The monoisotopic (exact) mass is 340 g/mol. The van der Waals surface area contributed by atoms with Crippen molar-refractivity contribution in [3.8, 4) is 0 Å². The molecule has 3 rings (SSSR count). The summed E-state index contributed by atoms with van der Waals surface area (Å²) in [6.07, 6.45) is 34.1. The number of hydrogen-bond acceptors (Lipinski definition) is 0. The van der Waals surface area contributed by atoms with E-state index in [1.165, 1.54) is 36.8 Å². The summed E-state index contributed by atoms with van der Waals surface area (Å²) in [4.78, 5) is 0. The molecule has 23 heavy (non-hydrogen) atoms. The average molecular weight is 340 g/mol. The zero-order chi connectivity index (χ0) is 15.9. The summed E-state index contributed by atoms with van der Waals surface area (Å²) in [7, 11) is 0. The molecule has 118 valence electrons. The minimum atomic E-state index is 0. The van der Waals surface area contributed by atoms with Crippen LogP contribution in [0.3, 0.4) is 0 Å². The Morgan fingerprint density at radius 3 is 1.09 bits per heavy atom. The van der Waals surface area contributed by atoms with Crippen LogP contribution in [0.5, 0.6) is 0 Å². The Kier molecular flexibility index (Phi) is 17.2. The second-order valence-corrected chi connectivity index (χ2v) is 5.15. The van der Waals surface area contributed by atoms with Gasteiger partial charge in [0.2, 0.25) is 0 Å². The van der Waals surface area contributed by atoms with E-state index in [2.05, 4.69) is 26.0 Å². The van der Waals surface area contributed by atoms with Gasteiger partial charge in [0.1, 0.15) is 0 Å². The second kappa shape index (κ2) is 17.0. The van der Waals surface area contributed by atoms with Gasteiger partial charge in [0.15, 0.2) is 0 Å². The van der Waals surface area contributed by atoms with E-state index in [1.54, 1.807) is 0 Å². The normalized spacial score (nSPS) is 23.6. The Labute approximate surface area is 161 Å². The van der Waals surface area contributed by atoms with Gasteiger partial charge in [-0.2, -0.15) is 0 Å². The summed E-state index contributed by atoms with van der Waals surface area (Å²) in [5.74, 6) is 0. The summed E-state index contributed by atoms with van der Waals surface area (Å²) in [5, 5.41) is 0. The zero-order valence-electron chi connectivity index (χ0n) is 14.5. The van der Waals surface area contributed by atoms with E-state index in [4.69, 9.17) is 0 Å². The molecule has 0 amide bonds. The van der Waals surface area contributed by atoms with E-state index in [0.29, 0.717) is 0 Å². The molecule has 0 spiro atoms. The Balaban J connectivity index is 0.000000362. The van der Waals surface area contributed by atoms with Gasteiger partial charge < -0.3 is 23.3 Å². The van der Waals surface area contributed by atoms with Crippen LogP contribution in [0.25, 0.3) is 0 Å². The fourth-order valence-electron chi connectivity index (χ4n) is 2.36. The van der Waals surface area contributed by atoms with Gasteiger partial charge in [-0.15, -0.1) is 25.7 Å². The van der Waals surface area contributed by atoms with Gasteiger partial charge in [0, 0.05) is 0 Å². The molecule has 3 aliphatic carbocycles. The topological polar surface area (TPSA) is 0 Å². The molecule has 0 heterocycles. The van der Waals surface area contributed by atoms with Crippen molar-refractivity contribution < 1.29 is 21.7 Å². The molecule has 0 atom stereocenters. The maximum atomic E-state index is 3.44. The van der Waals surface area contributed by atoms with Gasteiger partial charge in [0.25, 0.3) is 0 Å². The molecule has 3 saturated carbocycles. The summed E-state index contributed by atoms with van der Waals surface area (Å²) in [6.45, 7) is 4.32. The number of allylic oxidation sites excluding steroid dienone is 4. The standard InChI is InChI=1S/C12H18.2C5H5.Ti/c1-3-7-11-9-5-6-10-12(11)8-4-2;2*1-2-4-5-3-1;/h3-6,9-10H2,1-2H3;2*1-5H;/q-2;;;+4. The third-order valence-electron chi connectivity index (χ3n) is 3.36. The van der Waals surface area contributed by atoms with E-state index < -0.39 is 0 Å². The molecular weight excluding hydrogens is 312 g/mol. The van der Waals surface area contributed by atoms with Crippen molar-refractivity contribution in [1.29, 1.82) is 0 Å². The number of rotatable bonds is 2. The minimum absolute atomic E-state index is 0. The van der Waals surface area contributed by atoms with Crippen molar-refractivity contribution in [2.24, 2.45) is 0 Å².